The van der Waals surface area contributed by atoms with Gasteiger partial charge >= 0.3 is 0 Å². The van der Waals surface area contributed by atoms with E-state index in [9.17, 15) is 18.8 Å². The van der Waals surface area contributed by atoms with Crippen LogP contribution in [0.3, 0.4) is 0 Å². The Kier molecular flexibility index (Phi) is 6.95. The number of halogens is 2. The Morgan fingerprint density at radius 3 is 2.52 bits per heavy atom. The van der Waals surface area contributed by atoms with Gasteiger partial charge in [-0.15, -0.1) is 0 Å². The molecule has 4 aliphatic rings. The van der Waals surface area contributed by atoms with Crippen molar-refractivity contribution in [3.63, 3.8) is 0 Å². The van der Waals surface area contributed by atoms with Gasteiger partial charge in [0, 0.05) is 23.3 Å². The van der Waals surface area contributed by atoms with Crippen LogP contribution in [0.15, 0.2) is 60.7 Å². The summed E-state index contributed by atoms with van der Waals surface area (Å²) in [7, 11) is 0. The van der Waals surface area contributed by atoms with E-state index in [0.717, 1.165) is 19.3 Å². The van der Waals surface area contributed by atoms with Gasteiger partial charge in [-0.25, -0.2) is 4.39 Å². The van der Waals surface area contributed by atoms with Crippen molar-refractivity contribution in [1.29, 1.82) is 0 Å². The molecule has 0 radical (unpaired) electrons. The highest BCUT2D eigenvalue weighted by Gasteiger charge is 2.72. The van der Waals surface area contributed by atoms with Crippen molar-refractivity contribution in [3.8, 4) is 0 Å². The van der Waals surface area contributed by atoms with Crippen LogP contribution in [0.2, 0.25) is 5.02 Å². The van der Waals surface area contributed by atoms with E-state index >= 15 is 0 Å². The Balaban J connectivity index is 1.32. The lowest BCUT2D eigenvalue weighted by molar-refractivity contribution is -0.142. The molecular formula is C31H33ClFN3O4. The molecule has 1 aliphatic carbocycles. The lowest BCUT2D eigenvalue weighted by Crippen LogP contribution is -2.57. The van der Waals surface area contributed by atoms with Crippen LogP contribution in [0.5, 0.6) is 0 Å². The van der Waals surface area contributed by atoms with E-state index in [1.54, 1.807) is 48.6 Å². The number of amides is 3. The summed E-state index contributed by atoms with van der Waals surface area (Å²) in [6.07, 6.45) is 5.99. The summed E-state index contributed by atoms with van der Waals surface area (Å²) < 4.78 is 20.1. The Morgan fingerprint density at radius 2 is 1.80 bits per heavy atom. The van der Waals surface area contributed by atoms with Crippen molar-refractivity contribution in [2.45, 2.75) is 63.4 Å². The van der Waals surface area contributed by atoms with Crippen molar-refractivity contribution >= 4 is 35.0 Å². The topological polar surface area (TPSA) is 87.7 Å². The van der Waals surface area contributed by atoms with Gasteiger partial charge < -0.3 is 20.3 Å². The van der Waals surface area contributed by atoms with E-state index in [0.29, 0.717) is 28.1 Å². The monoisotopic (exact) mass is 565 g/mol. The minimum atomic E-state index is -1.27. The molecule has 210 valence electrons. The first-order valence-corrected chi connectivity index (χ1v) is 14.3. The van der Waals surface area contributed by atoms with Crippen molar-refractivity contribution < 1.29 is 23.5 Å². The van der Waals surface area contributed by atoms with E-state index in [1.807, 2.05) is 0 Å². The highest BCUT2D eigenvalue weighted by atomic mass is 35.5. The summed E-state index contributed by atoms with van der Waals surface area (Å²) in [5.41, 5.74) is -0.0278. The highest BCUT2D eigenvalue weighted by molar-refractivity contribution is 6.30. The maximum atomic E-state index is 14.1. The van der Waals surface area contributed by atoms with Crippen LogP contribution in [-0.2, 0) is 25.7 Å². The normalized spacial score (nSPS) is 34.1. The minimum absolute atomic E-state index is 0.0129. The van der Waals surface area contributed by atoms with Gasteiger partial charge in [-0.2, -0.15) is 0 Å². The van der Waals surface area contributed by atoms with Gasteiger partial charge in [-0.05, 0) is 60.2 Å². The Labute approximate surface area is 238 Å². The maximum absolute atomic E-state index is 14.1. The average Bonchev–Trinajstić information content (AvgIpc) is 3.57. The number of carbonyl (C=O) groups excluding carboxylic acids is 3. The molecule has 3 heterocycles. The van der Waals surface area contributed by atoms with Gasteiger partial charge in [0.05, 0.1) is 17.9 Å². The highest BCUT2D eigenvalue weighted by Crippen LogP contribution is 2.55. The largest absolute Gasteiger partial charge is 0.359 e. The fourth-order valence-electron chi connectivity index (χ4n) is 7.03. The van der Waals surface area contributed by atoms with Crippen LogP contribution < -0.4 is 10.6 Å². The van der Waals surface area contributed by atoms with Crippen LogP contribution in [0.4, 0.5) is 10.1 Å². The predicted molar refractivity (Wildman–Crippen MR) is 149 cm³/mol. The van der Waals surface area contributed by atoms with Crippen molar-refractivity contribution in [3.05, 3.63) is 77.1 Å². The number of carbonyl (C=O) groups is 3. The average molecular weight is 566 g/mol. The first kappa shape index (κ1) is 27.0. The molecule has 40 heavy (non-hydrogen) atoms. The van der Waals surface area contributed by atoms with E-state index < -0.39 is 29.6 Å². The van der Waals surface area contributed by atoms with Crippen LogP contribution in [-0.4, -0.2) is 46.4 Å². The molecule has 8 atom stereocenters. The summed E-state index contributed by atoms with van der Waals surface area (Å²) in [6.45, 7) is 4.45. The molecule has 3 amide bonds. The number of nitrogens with zero attached hydrogens (tertiary/aromatic N) is 1. The lowest BCUT2D eigenvalue weighted by atomic mass is 9.73. The van der Waals surface area contributed by atoms with E-state index in [-0.39, 0.29) is 36.1 Å². The predicted octanol–water partition coefficient (Wildman–Crippen LogP) is 4.71. The van der Waals surface area contributed by atoms with E-state index in [1.165, 1.54) is 17.0 Å². The Hall–Kier alpha value is -3.23. The number of anilines is 1. The summed E-state index contributed by atoms with van der Waals surface area (Å²) in [6, 6.07) is 11.6. The number of benzene rings is 2. The molecular weight excluding hydrogens is 533 g/mol. The van der Waals surface area contributed by atoms with Crippen LogP contribution in [0.1, 0.15) is 38.7 Å². The molecule has 3 aliphatic heterocycles. The zero-order valence-electron chi connectivity index (χ0n) is 22.5. The fraction of sp³-hybridized carbons (Fsp3) is 0.452. The molecule has 7 nitrogen and oxygen atoms in total. The van der Waals surface area contributed by atoms with Gasteiger partial charge in [0.2, 0.25) is 17.7 Å². The molecule has 0 aromatic heterocycles. The van der Waals surface area contributed by atoms with Gasteiger partial charge in [-0.3, -0.25) is 14.4 Å². The van der Waals surface area contributed by atoms with Gasteiger partial charge in [0.1, 0.15) is 17.5 Å². The molecule has 9 heteroatoms. The van der Waals surface area contributed by atoms with E-state index in [2.05, 4.69) is 24.5 Å². The molecule has 1 saturated carbocycles. The maximum Gasteiger partial charge on any atom is 0.246 e. The quantitative estimate of drug-likeness (QED) is 0.497. The molecule has 6 rings (SSSR count). The zero-order chi connectivity index (χ0) is 28.2. The van der Waals surface area contributed by atoms with Gasteiger partial charge in [0.25, 0.3) is 0 Å². The molecule has 2 bridgehead atoms. The second kappa shape index (κ2) is 10.3. The summed E-state index contributed by atoms with van der Waals surface area (Å²) >= 11 is 5.99. The molecule has 2 aromatic rings. The molecule has 2 N–H and O–H groups in total. The second-order valence-corrected chi connectivity index (χ2v) is 12.1. The smallest absolute Gasteiger partial charge is 0.246 e. The van der Waals surface area contributed by atoms with Crippen LogP contribution >= 0.6 is 11.6 Å². The van der Waals surface area contributed by atoms with Crippen LogP contribution in [0, 0.1) is 29.5 Å². The van der Waals surface area contributed by atoms with Crippen LogP contribution in [0.25, 0.3) is 0 Å². The third-order valence-electron chi connectivity index (χ3n) is 9.34. The fourth-order valence-corrected chi connectivity index (χ4v) is 7.16. The van der Waals surface area contributed by atoms with Gasteiger partial charge in [-0.1, -0.05) is 62.6 Å². The number of fused-ring (bicyclic) bond motifs is 1. The number of ether oxygens (including phenoxy) is 1. The molecule has 2 saturated heterocycles. The zero-order valence-corrected chi connectivity index (χ0v) is 23.2. The molecule has 2 aromatic carbocycles. The minimum Gasteiger partial charge on any atom is -0.359 e. The molecule has 0 unspecified atom stereocenters. The van der Waals surface area contributed by atoms with Crippen molar-refractivity contribution in [2.75, 3.05) is 5.32 Å². The Morgan fingerprint density at radius 1 is 1.07 bits per heavy atom. The van der Waals surface area contributed by atoms with Gasteiger partial charge in [0.15, 0.2) is 0 Å². The third kappa shape index (κ3) is 4.51. The number of rotatable bonds is 6. The second-order valence-electron chi connectivity index (χ2n) is 11.7. The Bertz CT molecular complexity index is 1350. The standard InChI is InChI=1S/C31H33ClFN3O4/c1-17-4-3-5-23(18(17)2)35-29(38)27-31-15-14-24(40-31)25(28(37)34-22-12-8-20(32)9-13-22)26(31)30(39)36(27)16-19-6-10-21(33)11-7-19/h6-15,17-18,23-27H,3-5,16H2,1-2H3,(H,34,37)(H,35,38)/t17-,18-,23+,24-,25-,26-,27+,31+/m1/s1. The first-order valence-electron chi connectivity index (χ1n) is 14.0. The summed E-state index contributed by atoms with van der Waals surface area (Å²) in [5, 5.41) is 6.68. The molecule has 1 spiro atoms. The van der Waals surface area contributed by atoms with E-state index in [4.69, 9.17) is 16.3 Å². The number of likely N-dealkylation sites (tertiary alicyclic amines) is 1. The number of hydrogen-bond acceptors (Lipinski definition) is 4. The third-order valence-corrected chi connectivity index (χ3v) is 9.59. The summed E-state index contributed by atoms with van der Waals surface area (Å²) in [5.74, 6) is -2.25. The summed E-state index contributed by atoms with van der Waals surface area (Å²) in [4.78, 5) is 43.3. The first-order chi connectivity index (χ1) is 19.2. The lowest BCUT2D eigenvalue weighted by Gasteiger charge is -2.38. The van der Waals surface area contributed by atoms with Crippen molar-refractivity contribution in [2.24, 2.45) is 23.7 Å². The number of hydrogen-bond donors (Lipinski definition) is 2. The van der Waals surface area contributed by atoms with Crippen molar-refractivity contribution in [1.82, 2.24) is 10.2 Å². The SMILES string of the molecule is C[C@@H]1[C@H](C)CCC[C@@H]1NC(=O)[C@@H]1N(Cc2ccc(F)cc2)C(=O)[C@H]2[C@H](C(=O)Nc3ccc(Cl)cc3)[C@H]3C=C[C@@]12O3. The molecule has 3 fully saturated rings. The number of nitrogens with one attached hydrogen (secondary N) is 2.